The van der Waals surface area contributed by atoms with Gasteiger partial charge in [-0.25, -0.2) is 9.78 Å². The molecule has 8 nitrogen and oxygen atoms in total. The van der Waals surface area contributed by atoms with E-state index in [4.69, 9.17) is 26.4 Å². The normalized spacial score (nSPS) is 12.1. The molecule has 0 saturated heterocycles. The predicted octanol–water partition coefficient (Wildman–Crippen LogP) is 3.55. The van der Waals surface area contributed by atoms with Crippen molar-refractivity contribution < 1.29 is 27.9 Å². The second-order valence-corrected chi connectivity index (χ2v) is 8.15. The van der Waals surface area contributed by atoms with Gasteiger partial charge in [0, 0.05) is 12.1 Å². The van der Waals surface area contributed by atoms with Gasteiger partial charge in [0.15, 0.2) is 0 Å². The number of nitrogens with two attached hydrogens (primary N) is 2. The first-order valence-corrected chi connectivity index (χ1v) is 11.0. The fraction of sp³-hybridized carbons (Fsp3) is 0.375. The lowest BCUT2D eigenvalue weighted by atomic mass is 10.1. The molecule has 1 amide bonds. The average molecular weight is 494 g/mol. The van der Waals surface area contributed by atoms with Crippen molar-refractivity contribution in [3.05, 3.63) is 53.1 Å². The van der Waals surface area contributed by atoms with Gasteiger partial charge in [-0.05, 0) is 62.1 Å². The van der Waals surface area contributed by atoms with Gasteiger partial charge in [0.1, 0.15) is 5.82 Å². The molecule has 1 atom stereocenters. The molecule has 7 N–H and O–H groups in total. The van der Waals surface area contributed by atoms with Crippen LogP contribution in [0.3, 0.4) is 0 Å². The molecule has 0 unspecified atom stereocenters. The van der Waals surface area contributed by atoms with Crippen LogP contribution in [0.1, 0.15) is 36.0 Å². The summed E-state index contributed by atoms with van der Waals surface area (Å²) in [5, 5.41) is 10.0. The highest BCUT2D eigenvalue weighted by molar-refractivity contribution is 5.82. The van der Waals surface area contributed by atoms with Crippen LogP contribution < -0.4 is 16.8 Å². The van der Waals surface area contributed by atoms with E-state index in [1.54, 1.807) is 0 Å². The molecule has 0 fully saturated rings. The molecular weight excluding hydrogens is 463 g/mol. The summed E-state index contributed by atoms with van der Waals surface area (Å²) < 4.78 is 31.7. The number of unbranched alkanes of at least 4 members (excludes halogenated alkanes) is 1. The summed E-state index contributed by atoms with van der Waals surface area (Å²) in [6.07, 6.45) is -2.66. The number of aromatic nitrogens is 2. The van der Waals surface area contributed by atoms with Gasteiger partial charge in [-0.2, -0.15) is 13.2 Å². The number of carbonyl (C=O) groups is 2. The van der Waals surface area contributed by atoms with Crippen molar-refractivity contribution in [3.8, 4) is 11.4 Å². The molecule has 35 heavy (non-hydrogen) atoms. The number of benzene rings is 2. The maximum absolute atomic E-state index is 12.1. The summed E-state index contributed by atoms with van der Waals surface area (Å²) in [5.74, 6) is -2.03. The van der Waals surface area contributed by atoms with Crippen LogP contribution >= 0.6 is 0 Å². The zero-order valence-electron chi connectivity index (χ0n) is 19.6. The van der Waals surface area contributed by atoms with Gasteiger partial charge in [0.05, 0.1) is 17.1 Å². The van der Waals surface area contributed by atoms with Gasteiger partial charge < -0.3 is 26.9 Å². The molecule has 1 aromatic heterocycles. The molecule has 2 aromatic carbocycles. The minimum absolute atomic E-state index is 0.121. The molecule has 1 heterocycles. The van der Waals surface area contributed by atoms with Crippen molar-refractivity contribution in [3.63, 3.8) is 0 Å². The van der Waals surface area contributed by atoms with Crippen molar-refractivity contribution in [2.45, 2.75) is 51.9 Å². The van der Waals surface area contributed by atoms with Gasteiger partial charge in [-0.15, -0.1) is 0 Å². The van der Waals surface area contributed by atoms with Crippen molar-refractivity contribution in [1.29, 1.82) is 0 Å². The van der Waals surface area contributed by atoms with Crippen LogP contribution in [-0.2, 0) is 16.1 Å². The van der Waals surface area contributed by atoms with E-state index < -0.39 is 18.2 Å². The fourth-order valence-corrected chi connectivity index (χ4v) is 3.15. The monoisotopic (exact) mass is 493 g/mol. The van der Waals surface area contributed by atoms with Crippen molar-refractivity contribution in [2.75, 3.05) is 6.54 Å². The third kappa shape index (κ3) is 8.37. The lowest BCUT2D eigenvalue weighted by molar-refractivity contribution is -0.192. The van der Waals surface area contributed by atoms with Gasteiger partial charge in [0.25, 0.3) is 0 Å². The highest BCUT2D eigenvalue weighted by Gasteiger charge is 2.38. The van der Waals surface area contributed by atoms with E-state index in [9.17, 15) is 18.0 Å². The average Bonchev–Trinajstić information content (AvgIpc) is 3.20. The third-order valence-electron chi connectivity index (χ3n) is 5.34. The number of carbonyl (C=O) groups excluding carboxylic acids is 1. The predicted molar refractivity (Wildman–Crippen MR) is 127 cm³/mol. The standard InChI is InChI=1S/C22H29N5O.C2HF3O2/c1-14-11-19-20(12-15(14)2)27-21(26-19)17-8-6-16(7-9-17)13-25-22(28)18(24)5-3-4-10-23;3-2(4,5)1(6)7/h6-9,11-12,18H,3-5,10,13,23-24H2,1-2H3,(H,25,28)(H,26,27);(H,6,7)/t18-;/m0./s1. The fourth-order valence-electron chi connectivity index (χ4n) is 3.15. The van der Waals surface area contributed by atoms with Crippen molar-refractivity contribution in [2.24, 2.45) is 11.5 Å². The quantitative estimate of drug-likeness (QED) is 0.303. The SMILES string of the molecule is Cc1cc2nc(-c3ccc(CNC(=O)[C@@H](N)CCCCN)cc3)[nH]c2cc1C.O=C(O)C(F)(F)F. The Hall–Kier alpha value is -3.44. The first kappa shape index (κ1) is 27.8. The third-order valence-corrected chi connectivity index (χ3v) is 5.34. The van der Waals surface area contributed by atoms with Crippen LogP contribution in [0, 0.1) is 13.8 Å². The Balaban J connectivity index is 0.000000540. The van der Waals surface area contributed by atoms with E-state index in [2.05, 4.69) is 36.3 Å². The number of rotatable bonds is 8. The number of aryl methyl sites for hydroxylation is 2. The van der Waals surface area contributed by atoms with Crippen LogP contribution in [0.25, 0.3) is 22.4 Å². The highest BCUT2D eigenvalue weighted by Crippen LogP contribution is 2.23. The van der Waals surface area contributed by atoms with Crippen LogP contribution in [0.4, 0.5) is 13.2 Å². The zero-order valence-corrected chi connectivity index (χ0v) is 19.6. The Morgan fingerprint density at radius 3 is 2.29 bits per heavy atom. The Morgan fingerprint density at radius 2 is 1.71 bits per heavy atom. The Labute approximate surface area is 200 Å². The van der Waals surface area contributed by atoms with Gasteiger partial charge in [-0.1, -0.05) is 30.7 Å². The number of carboxylic acids is 1. The van der Waals surface area contributed by atoms with Gasteiger partial charge >= 0.3 is 12.1 Å². The minimum Gasteiger partial charge on any atom is -0.475 e. The summed E-state index contributed by atoms with van der Waals surface area (Å²) in [6, 6.07) is 11.8. The second-order valence-electron chi connectivity index (χ2n) is 8.15. The van der Waals surface area contributed by atoms with E-state index in [-0.39, 0.29) is 5.91 Å². The minimum atomic E-state index is -5.08. The number of imidazole rings is 1. The summed E-state index contributed by atoms with van der Waals surface area (Å²) >= 11 is 0. The summed E-state index contributed by atoms with van der Waals surface area (Å²) in [7, 11) is 0. The van der Waals surface area contributed by atoms with Gasteiger partial charge in [0.2, 0.25) is 5.91 Å². The topological polar surface area (TPSA) is 147 Å². The van der Waals surface area contributed by atoms with E-state index in [1.807, 2.05) is 24.3 Å². The number of aliphatic carboxylic acids is 1. The number of carboxylic acid groups (broad SMARTS) is 1. The first-order chi connectivity index (χ1) is 16.4. The van der Waals surface area contributed by atoms with E-state index in [0.717, 1.165) is 40.8 Å². The molecule has 0 saturated carbocycles. The number of nitrogens with one attached hydrogen (secondary N) is 2. The number of H-pyrrole nitrogens is 1. The molecule has 11 heteroatoms. The number of amides is 1. The number of fused-ring (bicyclic) bond motifs is 1. The first-order valence-electron chi connectivity index (χ1n) is 11.0. The van der Waals surface area contributed by atoms with Gasteiger partial charge in [-0.3, -0.25) is 4.79 Å². The van der Waals surface area contributed by atoms with E-state index >= 15 is 0 Å². The van der Waals surface area contributed by atoms with E-state index in [1.165, 1.54) is 11.1 Å². The van der Waals surface area contributed by atoms with Crippen LogP contribution in [0.15, 0.2) is 36.4 Å². The maximum atomic E-state index is 12.1. The molecule has 0 bridgehead atoms. The Bertz CT molecular complexity index is 1100. The highest BCUT2D eigenvalue weighted by atomic mass is 19.4. The lowest BCUT2D eigenvalue weighted by Gasteiger charge is -2.12. The Morgan fingerprint density at radius 1 is 1.11 bits per heavy atom. The number of nitrogens with zero attached hydrogens (tertiary/aromatic N) is 1. The lowest BCUT2D eigenvalue weighted by Crippen LogP contribution is -2.40. The molecule has 0 aliphatic heterocycles. The Kier molecular flexibility index (Phi) is 9.78. The molecule has 0 spiro atoms. The smallest absolute Gasteiger partial charge is 0.475 e. The number of halogens is 3. The zero-order chi connectivity index (χ0) is 26.2. The largest absolute Gasteiger partial charge is 0.490 e. The molecule has 3 rings (SSSR count). The maximum Gasteiger partial charge on any atom is 0.490 e. The van der Waals surface area contributed by atoms with Crippen molar-refractivity contribution >= 4 is 22.9 Å². The molecule has 3 aromatic rings. The number of hydrogen-bond acceptors (Lipinski definition) is 5. The summed E-state index contributed by atoms with van der Waals surface area (Å²) in [6.45, 7) is 5.28. The number of alkyl halides is 3. The molecule has 0 radical (unpaired) electrons. The molecular formula is C24H30F3N5O3. The van der Waals surface area contributed by atoms with Crippen molar-refractivity contribution in [1.82, 2.24) is 15.3 Å². The number of hydrogen-bond donors (Lipinski definition) is 5. The second kappa shape index (κ2) is 12.3. The van der Waals surface area contributed by atoms with E-state index in [0.29, 0.717) is 19.5 Å². The summed E-state index contributed by atoms with van der Waals surface area (Å²) in [4.78, 5) is 29.0. The van der Waals surface area contributed by atoms with Crippen LogP contribution in [0.5, 0.6) is 0 Å². The summed E-state index contributed by atoms with van der Waals surface area (Å²) in [5.41, 5.74) is 17.9. The van der Waals surface area contributed by atoms with Crippen LogP contribution in [0.2, 0.25) is 0 Å². The molecule has 190 valence electrons. The number of aromatic amines is 1. The van der Waals surface area contributed by atoms with Crippen LogP contribution in [-0.4, -0.2) is 45.7 Å². The molecule has 0 aliphatic rings. The molecule has 0 aliphatic carbocycles.